The summed E-state index contributed by atoms with van der Waals surface area (Å²) in [6.07, 6.45) is 2.48. The number of amides is 1. The number of aryl methyl sites for hydroxylation is 1. The van der Waals surface area contributed by atoms with Crippen molar-refractivity contribution in [1.82, 2.24) is 14.9 Å². The van der Waals surface area contributed by atoms with Gasteiger partial charge in [0.1, 0.15) is 11.6 Å². The summed E-state index contributed by atoms with van der Waals surface area (Å²) in [6.45, 7) is 1.26. The van der Waals surface area contributed by atoms with Crippen LogP contribution in [0.1, 0.15) is 28.2 Å². The molecule has 1 aromatic heterocycles. The molecule has 0 fully saturated rings. The Bertz CT molecular complexity index is 1050. The summed E-state index contributed by atoms with van der Waals surface area (Å²) in [5, 5.41) is 3.49. The third kappa shape index (κ3) is 3.43. The minimum atomic E-state index is -0.159. The predicted molar refractivity (Wildman–Crippen MR) is 103 cm³/mol. The molecular weight excluding hydrogens is 342 g/mol. The Morgan fingerprint density at radius 1 is 1.22 bits per heavy atom. The zero-order chi connectivity index (χ0) is 18.8. The van der Waals surface area contributed by atoms with Gasteiger partial charge in [-0.1, -0.05) is 12.1 Å². The van der Waals surface area contributed by atoms with Gasteiger partial charge in [-0.3, -0.25) is 14.2 Å². The van der Waals surface area contributed by atoms with Crippen molar-refractivity contribution in [2.45, 2.75) is 25.8 Å². The summed E-state index contributed by atoms with van der Waals surface area (Å²) in [4.78, 5) is 29.5. The van der Waals surface area contributed by atoms with Gasteiger partial charge in [-0.05, 0) is 48.7 Å². The molecule has 1 aliphatic rings. The van der Waals surface area contributed by atoms with Gasteiger partial charge in [-0.15, -0.1) is 0 Å². The second kappa shape index (κ2) is 7.23. The Hall–Kier alpha value is -3.15. The number of nitrogens with zero attached hydrogens (tertiary/aromatic N) is 2. The first kappa shape index (κ1) is 17.3. The fourth-order valence-corrected chi connectivity index (χ4v) is 3.44. The number of hydrogen-bond donors (Lipinski definition) is 1. The molecule has 4 rings (SSSR count). The number of rotatable bonds is 5. The highest BCUT2D eigenvalue weighted by atomic mass is 16.5. The Kier molecular flexibility index (Phi) is 4.62. The van der Waals surface area contributed by atoms with Crippen LogP contribution in [0.2, 0.25) is 0 Å². The molecule has 0 unspecified atom stereocenters. The van der Waals surface area contributed by atoms with E-state index >= 15 is 0 Å². The zero-order valence-corrected chi connectivity index (χ0v) is 15.2. The van der Waals surface area contributed by atoms with E-state index in [0.717, 1.165) is 42.9 Å². The first-order chi connectivity index (χ1) is 13.2. The van der Waals surface area contributed by atoms with Crippen LogP contribution in [0.25, 0.3) is 10.9 Å². The molecule has 0 saturated carbocycles. The van der Waals surface area contributed by atoms with Crippen LogP contribution in [0.4, 0.5) is 0 Å². The van der Waals surface area contributed by atoms with Gasteiger partial charge in [0.25, 0.3) is 11.5 Å². The lowest BCUT2D eigenvalue weighted by atomic mass is 10.1. The van der Waals surface area contributed by atoms with Crippen molar-refractivity contribution in [2.75, 3.05) is 13.7 Å². The SMILES string of the molecule is COc1ccc(CCNC(=O)c2ccc3c(=O)n4c(nc3c2)CCC4)cc1. The Morgan fingerprint density at radius 3 is 2.81 bits per heavy atom. The van der Waals surface area contributed by atoms with E-state index in [1.165, 1.54) is 0 Å². The van der Waals surface area contributed by atoms with Gasteiger partial charge >= 0.3 is 0 Å². The minimum Gasteiger partial charge on any atom is -0.497 e. The number of hydrogen-bond acceptors (Lipinski definition) is 4. The molecule has 27 heavy (non-hydrogen) atoms. The molecule has 3 aromatic rings. The van der Waals surface area contributed by atoms with E-state index in [-0.39, 0.29) is 11.5 Å². The van der Waals surface area contributed by atoms with Gasteiger partial charge in [0, 0.05) is 25.1 Å². The summed E-state index contributed by atoms with van der Waals surface area (Å²) in [5.41, 5.74) is 2.22. The molecule has 138 valence electrons. The first-order valence-electron chi connectivity index (χ1n) is 9.10. The molecule has 0 atom stereocenters. The van der Waals surface area contributed by atoms with Gasteiger partial charge in [-0.25, -0.2) is 4.98 Å². The van der Waals surface area contributed by atoms with Crippen LogP contribution in [0.15, 0.2) is 47.3 Å². The van der Waals surface area contributed by atoms with Crippen molar-refractivity contribution in [1.29, 1.82) is 0 Å². The monoisotopic (exact) mass is 363 g/mol. The highest BCUT2D eigenvalue weighted by molar-refractivity contribution is 5.97. The molecule has 6 heteroatoms. The largest absolute Gasteiger partial charge is 0.497 e. The number of nitrogens with one attached hydrogen (secondary N) is 1. The third-order valence-corrected chi connectivity index (χ3v) is 4.94. The molecule has 0 bridgehead atoms. The molecule has 1 amide bonds. The van der Waals surface area contributed by atoms with E-state index in [1.54, 1.807) is 29.9 Å². The zero-order valence-electron chi connectivity index (χ0n) is 15.2. The third-order valence-electron chi connectivity index (χ3n) is 4.94. The van der Waals surface area contributed by atoms with E-state index in [2.05, 4.69) is 10.3 Å². The van der Waals surface area contributed by atoms with Gasteiger partial charge in [0.2, 0.25) is 0 Å². The van der Waals surface area contributed by atoms with Crippen LogP contribution >= 0.6 is 0 Å². The second-order valence-corrected chi connectivity index (χ2v) is 6.67. The highest BCUT2D eigenvalue weighted by Crippen LogP contribution is 2.16. The topological polar surface area (TPSA) is 73.2 Å². The van der Waals surface area contributed by atoms with E-state index in [0.29, 0.717) is 23.0 Å². The maximum Gasteiger partial charge on any atom is 0.261 e. The summed E-state index contributed by atoms with van der Waals surface area (Å²) in [5.74, 6) is 1.46. The number of fused-ring (bicyclic) bond motifs is 2. The molecule has 0 saturated heterocycles. The molecule has 1 aliphatic heterocycles. The molecule has 1 N–H and O–H groups in total. The Balaban J connectivity index is 1.46. The summed E-state index contributed by atoms with van der Waals surface area (Å²) >= 11 is 0. The fourth-order valence-electron chi connectivity index (χ4n) is 3.44. The molecule has 6 nitrogen and oxygen atoms in total. The van der Waals surface area contributed by atoms with Gasteiger partial charge in [0.05, 0.1) is 18.0 Å². The Labute approximate surface area is 156 Å². The summed E-state index contributed by atoms with van der Waals surface area (Å²) in [6, 6.07) is 12.9. The Morgan fingerprint density at radius 2 is 2.04 bits per heavy atom. The number of carbonyl (C=O) groups is 1. The van der Waals surface area contributed by atoms with Crippen LogP contribution in [-0.2, 0) is 19.4 Å². The number of ether oxygens (including phenoxy) is 1. The van der Waals surface area contributed by atoms with E-state index in [1.807, 2.05) is 24.3 Å². The van der Waals surface area contributed by atoms with Crippen LogP contribution in [0.5, 0.6) is 5.75 Å². The van der Waals surface area contributed by atoms with Crippen molar-refractivity contribution in [2.24, 2.45) is 0 Å². The maximum atomic E-state index is 12.5. The summed E-state index contributed by atoms with van der Waals surface area (Å²) < 4.78 is 6.87. The van der Waals surface area contributed by atoms with Crippen molar-refractivity contribution < 1.29 is 9.53 Å². The van der Waals surface area contributed by atoms with E-state index in [4.69, 9.17) is 4.74 Å². The quantitative estimate of drug-likeness (QED) is 0.755. The van der Waals surface area contributed by atoms with Gasteiger partial charge in [-0.2, -0.15) is 0 Å². The lowest BCUT2D eigenvalue weighted by molar-refractivity contribution is 0.0954. The van der Waals surface area contributed by atoms with Gasteiger partial charge < -0.3 is 10.1 Å². The van der Waals surface area contributed by atoms with E-state index < -0.39 is 0 Å². The molecular formula is C21H21N3O3. The molecule has 0 spiro atoms. The van der Waals surface area contributed by atoms with Crippen LogP contribution in [0, 0.1) is 0 Å². The van der Waals surface area contributed by atoms with Crippen LogP contribution in [-0.4, -0.2) is 29.1 Å². The standard InChI is InChI=1S/C21H21N3O3/c1-27-16-7-4-14(5-8-16)10-11-22-20(25)15-6-9-17-18(13-15)23-19-3-2-12-24(19)21(17)26/h4-9,13H,2-3,10-12H2,1H3,(H,22,25). The number of methoxy groups -OCH3 is 1. The van der Waals surface area contributed by atoms with Crippen LogP contribution < -0.4 is 15.6 Å². The number of carbonyl (C=O) groups excluding carboxylic acids is 1. The van der Waals surface area contributed by atoms with Crippen molar-refractivity contribution in [3.63, 3.8) is 0 Å². The first-order valence-corrected chi connectivity index (χ1v) is 9.10. The predicted octanol–water partition coefficient (Wildman–Crippen LogP) is 2.32. The average molecular weight is 363 g/mol. The molecule has 0 radical (unpaired) electrons. The number of benzene rings is 2. The molecule has 2 aromatic carbocycles. The lowest BCUT2D eigenvalue weighted by Gasteiger charge is -2.08. The maximum absolute atomic E-state index is 12.5. The summed E-state index contributed by atoms with van der Waals surface area (Å²) in [7, 11) is 1.64. The lowest BCUT2D eigenvalue weighted by Crippen LogP contribution is -2.26. The minimum absolute atomic E-state index is 0.0148. The van der Waals surface area contributed by atoms with Gasteiger partial charge in [0.15, 0.2) is 0 Å². The van der Waals surface area contributed by atoms with Crippen LogP contribution in [0.3, 0.4) is 0 Å². The van der Waals surface area contributed by atoms with Crippen molar-refractivity contribution in [3.8, 4) is 5.75 Å². The van der Waals surface area contributed by atoms with Crippen molar-refractivity contribution in [3.05, 3.63) is 69.8 Å². The van der Waals surface area contributed by atoms with E-state index in [9.17, 15) is 9.59 Å². The highest BCUT2D eigenvalue weighted by Gasteiger charge is 2.17. The molecule has 0 aliphatic carbocycles. The smallest absolute Gasteiger partial charge is 0.261 e. The average Bonchev–Trinajstić information content (AvgIpc) is 3.17. The second-order valence-electron chi connectivity index (χ2n) is 6.67. The van der Waals surface area contributed by atoms with Crippen molar-refractivity contribution >= 4 is 16.8 Å². The number of aromatic nitrogens is 2. The fraction of sp³-hybridized carbons (Fsp3) is 0.286. The molecule has 2 heterocycles. The normalized spacial score (nSPS) is 12.8.